The van der Waals surface area contributed by atoms with Gasteiger partial charge in [0.1, 0.15) is 12.6 Å². The predicted octanol–water partition coefficient (Wildman–Crippen LogP) is 0.523. The van der Waals surface area contributed by atoms with Crippen LogP contribution in [0.4, 0.5) is 0 Å². The van der Waals surface area contributed by atoms with Crippen molar-refractivity contribution in [2.45, 2.75) is 13.0 Å². The summed E-state index contributed by atoms with van der Waals surface area (Å²) in [5, 5.41) is 10.3. The highest BCUT2D eigenvalue weighted by Crippen LogP contribution is 2.02. The maximum atomic E-state index is 7.09. The van der Waals surface area contributed by atoms with Gasteiger partial charge in [0.25, 0.3) is 0 Å². The monoisotopic (exact) mass is 295 g/mol. The van der Waals surface area contributed by atoms with Crippen LogP contribution in [0.3, 0.4) is 0 Å². The number of morpholine rings is 1. The Balaban J connectivity index is 2.48. The third-order valence-electron chi connectivity index (χ3n) is 3.03. The third kappa shape index (κ3) is 7.03. The summed E-state index contributed by atoms with van der Waals surface area (Å²) in [7, 11) is 3.77. The molecule has 0 bridgehead atoms. The summed E-state index contributed by atoms with van der Waals surface area (Å²) in [6, 6.07) is 0. The number of likely N-dealkylation sites (N-methyl/N-ethyl adjacent to an activating group) is 1. The third-order valence-corrected chi connectivity index (χ3v) is 3.03. The number of rotatable bonds is 8. The van der Waals surface area contributed by atoms with Gasteiger partial charge in [0.2, 0.25) is 0 Å². The van der Waals surface area contributed by atoms with E-state index in [4.69, 9.17) is 15.0 Å². The average molecular weight is 295 g/mol. The molecule has 1 atom stereocenters. The van der Waals surface area contributed by atoms with Crippen LogP contribution in [-0.2, 0) is 9.57 Å². The lowest BCUT2D eigenvalue weighted by Gasteiger charge is -2.30. The summed E-state index contributed by atoms with van der Waals surface area (Å²) in [6.07, 6.45) is 6.26. The first-order valence-electron chi connectivity index (χ1n) is 6.93. The molecule has 118 valence electrons. The van der Waals surface area contributed by atoms with E-state index >= 15 is 0 Å². The number of hydrogen-bond donors (Lipinski definition) is 3. The summed E-state index contributed by atoms with van der Waals surface area (Å²) >= 11 is 0. The van der Waals surface area contributed by atoms with E-state index in [2.05, 4.69) is 27.7 Å². The van der Waals surface area contributed by atoms with Crippen LogP contribution in [0.5, 0.6) is 0 Å². The number of allylic oxidation sites excluding steroid dienone is 2. The zero-order valence-corrected chi connectivity index (χ0v) is 12.9. The van der Waals surface area contributed by atoms with E-state index in [1.54, 1.807) is 13.1 Å². The van der Waals surface area contributed by atoms with Crippen molar-refractivity contribution in [3.05, 3.63) is 24.1 Å². The molecule has 1 fully saturated rings. The summed E-state index contributed by atoms with van der Waals surface area (Å²) in [5.41, 5.74) is 4.12. The summed E-state index contributed by atoms with van der Waals surface area (Å²) in [4.78, 5) is 11.2. The molecule has 7 nitrogen and oxygen atoms in total. The minimum atomic E-state index is 0.194. The molecule has 0 saturated carbocycles. The Bertz CT molecular complexity index is 406. The average Bonchev–Trinajstić information content (AvgIpc) is 2.46. The fourth-order valence-corrected chi connectivity index (χ4v) is 1.92. The van der Waals surface area contributed by atoms with Crippen LogP contribution >= 0.6 is 0 Å². The van der Waals surface area contributed by atoms with Crippen LogP contribution in [-0.4, -0.2) is 63.4 Å². The molecule has 0 aliphatic carbocycles. The van der Waals surface area contributed by atoms with Gasteiger partial charge < -0.3 is 19.8 Å². The van der Waals surface area contributed by atoms with Crippen molar-refractivity contribution in [2.75, 3.05) is 40.3 Å². The molecule has 3 N–H and O–H groups in total. The Kier molecular flexibility index (Phi) is 8.34. The lowest BCUT2D eigenvalue weighted by molar-refractivity contribution is -0.0166. The second-order valence-corrected chi connectivity index (χ2v) is 4.76. The largest absolute Gasteiger partial charge is 0.417 e. The van der Waals surface area contributed by atoms with E-state index < -0.39 is 0 Å². The molecule has 1 aliphatic rings. The second-order valence-electron chi connectivity index (χ2n) is 4.76. The molecule has 21 heavy (non-hydrogen) atoms. The zero-order valence-electron chi connectivity index (χ0n) is 12.9. The highest BCUT2D eigenvalue weighted by atomic mass is 16.6. The van der Waals surface area contributed by atoms with E-state index in [1.807, 2.05) is 13.1 Å². The minimum Gasteiger partial charge on any atom is -0.417 e. The van der Waals surface area contributed by atoms with Gasteiger partial charge in [-0.3, -0.25) is 5.41 Å². The van der Waals surface area contributed by atoms with Crippen molar-refractivity contribution in [2.24, 2.45) is 4.99 Å². The van der Waals surface area contributed by atoms with Gasteiger partial charge in [0.15, 0.2) is 0 Å². The maximum Gasteiger partial charge on any atom is 0.113 e. The topological polar surface area (TPSA) is 82.0 Å². The van der Waals surface area contributed by atoms with Gasteiger partial charge in [0.05, 0.1) is 18.4 Å². The van der Waals surface area contributed by atoms with Gasteiger partial charge in [-0.2, -0.15) is 5.48 Å². The molecule has 0 spiro atoms. The van der Waals surface area contributed by atoms with Gasteiger partial charge in [-0.25, -0.2) is 4.99 Å². The number of nitrogens with one attached hydrogen (secondary N) is 3. The predicted molar refractivity (Wildman–Crippen MR) is 84.5 cm³/mol. The quantitative estimate of drug-likeness (QED) is 0.263. The summed E-state index contributed by atoms with van der Waals surface area (Å²) < 4.78 is 5.68. The minimum absolute atomic E-state index is 0.194. The Hall–Kier alpha value is -1.70. The van der Waals surface area contributed by atoms with Crippen molar-refractivity contribution in [3.63, 3.8) is 0 Å². The normalized spacial score (nSPS) is 21.6. The zero-order chi connectivity index (χ0) is 15.5. The maximum absolute atomic E-state index is 7.09. The molecule has 0 aromatic rings. The highest BCUT2D eigenvalue weighted by molar-refractivity contribution is 6.10. The fraction of sp³-hybridized carbons (Fsp3) is 0.571. The number of aliphatic imine (C=N–C) groups is 1. The van der Waals surface area contributed by atoms with Crippen molar-refractivity contribution in [1.29, 1.82) is 5.41 Å². The van der Waals surface area contributed by atoms with Crippen LogP contribution in [0, 0.1) is 5.41 Å². The Morgan fingerprint density at radius 2 is 2.38 bits per heavy atom. The van der Waals surface area contributed by atoms with Crippen LogP contribution in [0.1, 0.15) is 6.92 Å². The SMILES string of the molecule is CNO/C=C/C(=N/C=N)C(/C)=C/NCC1CN(C)CCO1. The van der Waals surface area contributed by atoms with E-state index in [1.165, 1.54) is 6.26 Å². The molecule has 0 aromatic carbocycles. The molecule has 1 rings (SSSR count). The molecule has 0 radical (unpaired) electrons. The Morgan fingerprint density at radius 1 is 1.57 bits per heavy atom. The first-order chi connectivity index (χ1) is 10.2. The lowest BCUT2D eigenvalue weighted by Crippen LogP contribution is -2.44. The van der Waals surface area contributed by atoms with E-state index in [9.17, 15) is 0 Å². The molecule has 1 aliphatic heterocycles. The van der Waals surface area contributed by atoms with Gasteiger partial charge in [0, 0.05) is 39.0 Å². The van der Waals surface area contributed by atoms with Crippen LogP contribution in [0.15, 0.2) is 29.1 Å². The molecular formula is C14H25N5O2. The van der Waals surface area contributed by atoms with E-state index in [0.29, 0.717) is 5.71 Å². The number of nitrogens with zero attached hydrogens (tertiary/aromatic N) is 2. The Labute approximate surface area is 126 Å². The molecular weight excluding hydrogens is 270 g/mol. The molecule has 0 amide bonds. The van der Waals surface area contributed by atoms with Gasteiger partial charge in [-0.05, 0) is 19.5 Å². The standard InChI is InChI=1S/C14H25N5O2/c1-12(14(18-11-15)4-6-21-16-2)8-17-9-13-10-19(3)5-7-20-13/h4,6,8,11,13,15-17H,5,7,9-10H2,1-3H3/b6-4+,12-8+,15-11?,18-14-. The van der Waals surface area contributed by atoms with Crippen LogP contribution < -0.4 is 10.8 Å². The molecule has 1 heterocycles. The summed E-state index contributed by atoms with van der Waals surface area (Å²) in [6.45, 7) is 5.36. The van der Waals surface area contributed by atoms with E-state index in [-0.39, 0.29) is 6.10 Å². The molecule has 1 saturated heterocycles. The van der Waals surface area contributed by atoms with E-state index in [0.717, 1.165) is 38.2 Å². The number of ether oxygens (including phenoxy) is 1. The van der Waals surface area contributed by atoms with Gasteiger partial charge in [-0.1, -0.05) is 0 Å². The fourth-order valence-electron chi connectivity index (χ4n) is 1.92. The van der Waals surface area contributed by atoms with Crippen LogP contribution in [0.25, 0.3) is 0 Å². The number of hydroxylamine groups is 1. The molecule has 0 aromatic heterocycles. The number of hydrogen-bond acceptors (Lipinski definition) is 6. The van der Waals surface area contributed by atoms with Gasteiger partial charge >= 0.3 is 0 Å². The van der Waals surface area contributed by atoms with Crippen LogP contribution in [0.2, 0.25) is 0 Å². The first-order valence-corrected chi connectivity index (χ1v) is 6.93. The summed E-state index contributed by atoms with van der Waals surface area (Å²) in [5.74, 6) is 0. The Morgan fingerprint density at radius 3 is 3.05 bits per heavy atom. The molecule has 1 unspecified atom stereocenters. The van der Waals surface area contributed by atoms with Crippen molar-refractivity contribution < 1.29 is 9.57 Å². The first kappa shape index (κ1) is 17.4. The lowest BCUT2D eigenvalue weighted by atomic mass is 10.2. The van der Waals surface area contributed by atoms with Crippen molar-refractivity contribution >= 4 is 12.1 Å². The molecule has 7 heteroatoms. The van der Waals surface area contributed by atoms with Crippen molar-refractivity contribution in [1.82, 2.24) is 15.7 Å². The highest BCUT2D eigenvalue weighted by Gasteiger charge is 2.16. The second kappa shape index (κ2) is 10.1. The van der Waals surface area contributed by atoms with Crippen molar-refractivity contribution in [3.8, 4) is 0 Å². The van der Waals surface area contributed by atoms with Gasteiger partial charge in [-0.15, -0.1) is 0 Å². The smallest absolute Gasteiger partial charge is 0.113 e.